The molecule has 0 fully saturated rings. The lowest BCUT2D eigenvalue weighted by Gasteiger charge is -2.19. The summed E-state index contributed by atoms with van der Waals surface area (Å²) in [5.41, 5.74) is 0.247. The molecular weight excluding hydrogens is 324 g/mol. The van der Waals surface area contributed by atoms with Crippen molar-refractivity contribution in [2.75, 3.05) is 25.1 Å². The van der Waals surface area contributed by atoms with Crippen LogP contribution in [0.25, 0.3) is 0 Å². The zero-order chi connectivity index (χ0) is 19.0. The predicted octanol–water partition coefficient (Wildman–Crippen LogP) is 2.06. The quantitative estimate of drug-likeness (QED) is 0.700. The lowest BCUT2D eigenvalue weighted by molar-refractivity contribution is -0.139. The Bertz CT molecular complexity index is 605. The normalized spacial score (nSPS) is 10.9. The number of nitrogens with zero attached hydrogens (tertiary/aromatic N) is 1. The molecule has 0 aliphatic carbocycles. The Labute approximate surface area is 148 Å². The summed E-state index contributed by atoms with van der Waals surface area (Å²) >= 11 is 0. The second-order valence-corrected chi connectivity index (χ2v) is 6.74. The molecule has 0 atom stereocenters. The largest absolute Gasteiger partial charge is 0.482 e. The van der Waals surface area contributed by atoms with Gasteiger partial charge in [-0.3, -0.25) is 9.59 Å². The first kappa shape index (κ1) is 20.5. The molecule has 2 N–H and O–H groups in total. The maximum atomic E-state index is 12.2. The van der Waals surface area contributed by atoms with Gasteiger partial charge in [-0.2, -0.15) is 0 Å². The van der Waals surface area contributed by atoms with E-state index in [0.29, 0.717) is 30.8 Å². The van der Waals surface area contributed by atoms with E-state index in [1.807, 2.05) is 20.8 Å². The van der Waals surface area contributed by atoms with Crippen LogP contribution in [-0.2, 0) is 14.4 Å². The van der Waals surface area contributed by atoms with Crippen LogP contribution >= 0.6 is 0 Å². The van der Waals surface area contributed by atoms with Gasteiger partial charge in [-0.15, -0.1) is 0 Å². The lowest BCUT2D eigenvalue weighted by Crippen LogP contribution is -2.36. The van der Waals surface area contributed by atoms with E-state index >= 15 is 0 Å². The summed E-state index contributed by atoms with van der Waals surface area (Å²) in [5.74, 6) is -0.721. The number of aliphatic carboxylic acids is 1. The minimum absolute atomic E-state index is 0.0368. The fourth-order valence-corrected chi connectivity index (χ4v) is 1.93. The van der Waals surface area contributed by atoms with E-state index < -0.39 is 18.0 Å². The minimum Gasteiger partial charge on any atom is -0.482 e. The number of anilines is 1. The fraction of sp³-hybridized carbons (Fsp3) is 0.500. The molecule has 0 aromatic heterocycles. The molecule has 0 spiro atoms. The number of rotatable bonds is 8. The second kappa shape index (κ2) is 9.05. The Morgan fingerprint density at radius 2 is 1.76 bits per heavy atom. The number of amides is 2. The van der Waals surface area contributed by atoms with Crippen molar-refractivity contribution >= 4 is 23.5 Å². The number of carboxylic acids is 1. The molecule has 0 heterocycles. The van der Waals surface area contributed by atoms with Gasteiger partial charge in [0, 0.05) is 31.1 Å². The zero-order valence-electron chi connectivity index (χ0n) is 15.2. The minimum atomic E-state index is -1.05. The highest BCUT2D eigenvalue weighted by atomic mass is 16.5. The average Bonchev–Trinajstić information content (AvgIpc) is 2.55. The van der Waals surface area contributed by atoms with Gasteiger partial charge in [0.2, 0.25) is 11.8 Å². The van der Waals surface area contributed by atoms with Gasteiger partial charge in [-0.05, 0) is 30.7 Å². The maximum absolute atomic E-state index is 12.2. The molecule has 2 amide bonds. The van der Waals surface area contributed by atoms with E-state index in [-0.39, 0.29) is 11.8 Å². The van der Waals surface area contributed by atoms with Crippen LogP contribution in [0.3, 0.4) is 0 Å². The van der Waals surface area contributed by atoms with Crippen LogP contribution in [0.4, 0.5) is 5.69 Å². The predicted molar refractivity (Wildman–Crippen MR) is 94.7 cm³/mol. The molecule has 0 radical (unpaired) electrons. The number of hydrogen-bond acceptors (Lipinski definition) is 4. The molecule has 1 aromatic rings. The Morgan fingerprint density at radius 3 is 2.28 bits per heavy atom. The summed E-state index contributed by atoms with van der Waals surface area (Å²) in [5, 5.41) is 11.4. The van der Waals surface area contributed by atoms with Crippen molar-refractivity contribution in [1.82, 2.24) is 5.32 Å². The van der Waals surface area contributed by atoms with E-state index in [4.69, 9.17) is 9.84 Å². The number of nitrogens with one attached hydrogen (secondary N) is 1. The lowest BCUT2D eigenvalue weighted by atomic mass is 9.96. The smallest absolute Gasteiger partial charge is 0.341 e. The number of benzene rings is 1. The SMILES string of the molecule is CN(C(=O)CCCNC(=O)C(C)(C)C)c1ccc(OCC(=O)O)cc1. The molecule has 0 aliphatic rings. The van der Waals surface area contributed by atoms with Gasteiger partial charge in [-0.25, -0.2) is 4.79 Å². The number of carbonyl (C=O) groups excluding carboxylic acids is 2. The van der Waals surface area contributed by atoms with Crippen LogP contribution in [-0.4, -0.2) is 43.1 Å². The summed E-state index contributed by atoms with van der Waals surface area (Å²) in [6.07, 6.45) is 0.878. The molecule has 0 unspecified atom stereocenters. The second-order valence-electron chi connectivity index (χ2n) is 6.74. The van der Waals surface area contributed by atoms with Crippen LogP contribution in [0.15, 0.2) is 24.3 Å². The van der Waals surface area contributed by atoms with Gasteiger partial charge in [0.25, 0.3) is 0 Å². The van der Waals surface area contributed by atoms with E-state index in [1.54, 1.807) is 31.3 Å². The van der Waals surface area contributed by atoms with Crippen molar-refractivity contribution in [3.05, 3.63) is 24.3 Å². The molecular formula is C18H26N2O5. The van der Waals surface area contributed by atoms with Crippen LogP contribution in [0.5, 0.6) is 5.75 Å². The summed E-state index contributed by atoms with van der Waals surface area (Å²) in [7, 11) is 1.67. The molecule has 25 heavy (non-hydrogen) atoms. The molecule has 0 bridgehead atoms. The Kier molecular flexibility index (Phi) is 7.42. The van der Waals surface area contributed by atoms with E-state index in [2.05, 4.69) is 5.32 Å². The highest BCUT2D eigenvalue weighted by Crippen LogP contribution is 2.19. The molecule has 0 saturated heterocycles. The Balaban J connectivity index is 2.43. The van der Waals surface area contributed by atoms with Crippen molar-refractivity contribution in [2.24, 2.45) is 5.41 Å². The first-order valence-corrected chi connectivity index (χ1v) is 8.11. The zero-order valence-corrected chi connectivity index (χ0v) is 15.2. The summed E-state index contributed by atoms with van der Waals surface area (Å²) in [6, 6.07) is 6.62. The Morgan fingerprint density at radius 1 is 1.16 bits per heavy atom. The Hall–Kier alpha value is -2.57. The molecule has 0 aliphatic heterocycles. The fourth-order valence-electron chi connectivity index (χ4n) is 1.93. The number of ether oxygens (including phenoxy) is 1. The van der Waals surface area contributed by atoms with Crippen LogP contribution in [0.2, 0.25) is 0 Å². The number of carbonyl (C=O) groups is 3. The summed E-state index contributed by atoms with van der Waals surface area (Å²) in [4.78, 5) is 35.9. The first-order valence-electron chi connectivity index (χ1n) is 8.11. The molecule has 7 nitrogen and oxygen atoms in total. The van der Waals surface area contributed by atoms with Crippen molar-refractivity contribution in [2.45, 2.75) is 33.6 Å². The van der Waals surface area contributed by atoms with Gasteiger partial charge < -0.3 is 20.1 Å². The van der Waals surface area contributed by atoms with Gasteiger partial charge in [-0.1, -0.05) is 20.8 Å². The monoisotopic (exact) mass is 350 g/mol. The summed E-state index contributed by atoms with van der Waals surface area (Å²) < 4.78 is 5.05. The van der Waals surface area contributed by atoms with E-state index in [0.717, 1.165) is 0 Å². The summed E-state index contributed by atoms with van der Waals surface area (Å²) in [6.45, 7) is 5.56. The van der Waals surface area contributed by atoms with Gasteiger partial charge in [0.05, 0.1) is 0 Å². The highest BCUT2D eigenvalue weighted by Gasteiger charge is 2.20. The van der Waals surface area contributed by atoms with E-state index in [9.17, 15) is 14.4 Å². The first-order chi connectivity index (χ1) is 11.6. The van der Waals surface area contributed by atoms with Crippen molar-refractivity contribution in [3.63, 3.8) is 0 Å². The molecule has 7 heteroatoms. The van der Waals surface area contributed by atoms with Crippen LogP contribution in [0.1, 0.15) is 33.6 Å². The van der Waals surface area contributed by atoms with Crippen molar-refractivity contribution in [1.29, 1.82) is 0 Å². The highest BCUT2D eigenvalue weighted by molar-refractivity contribution is 5.92. The van der Waals surface area contributed by atoms with Crippen molar-refractivity contribution in [3.8, 4) is 5.75 Å². The van der Waals surface area contributed by atoms with Gasteiger partial charge >= 0.3 is 5.97 Å². The molecule has 1 rings (SSSR count). The topological polar surface area (TPSA) is 95.9 Å². The number of carboxylic acid groups (broad SMARTS) is 1. The maximum Gasteiger partial charge on any atom is 0.341 e. The standard InChI is InChI=1S/C18H26N2O5/c1-18(2,3)17(24)19-11-5-6-15(21)20(4)13-7-9-14(10-8-13)25-12-16(22)23/h7-10H,5-6,11-12H2,1-4H3,(H,19,24)(H,22,23). The molecule has 1 aromatic carbocycles. The van der Waals surface area contributed by atoms with Crippen LogP contribution in [0, 0.1) is 5.41 Å². The molecule has 138 valence electrons. The van der Waals surface area contributed by atoms with Gasteiger partial charge in [0.1, 0.15) is 5.75 Å². The van der Waals surface area contributed by atoms with Gasteiger partial charge in [0.15, 0.2) is 6.61 Å². The third kappa shape index (κ3) is 7.24. The third-order valence-corrected chi connectivity index (χ3v) is 3.49. The average molecular weight is 350 g/mol. The third-order valence-electron chi connectivity index (χ3n) is 3.49. The van der Waals surface area contributed by atoms with Crippen molar-refractivity contribution < 1.29 is 24.2 Å². The molecule has 0 saturated carbocycles. The van der Waals surface area contributed by atoms with E-state index in [1.165, 1.54) is 4.90 Å². The number of hydrogen-bond donors (Lipinski definition) is 2. The van der Waals surface area contributed by atoms with Crippen LogP contribution < -0.4 is 15.0 Å².